The molecule has 0 aliphatic rings. The van der Waals surface area contributed by atoms with Gasteiger partial charge in [-0.15, -0.1) is 0 Å². The van der Waals surface area contributed by atoms with Crippen LogP contribution in [0.3, 0.4) is 0 Å². The van der Waals surface area contributed by atoms with Crippen LogP contribution in [-0.4, -0.2) is 10.2 Å². The highest BCUT2D eigenvalue weighted by Crippen LogP contribution is 2.30. The van der Waals surface area contributed by atoms with Crippen molar-refractivity contribution >= 4 is 28.2 Å². The van der Waals surface area contributed by atoms with Crippen LogP contribution in [0.15, 0.2) is 46.3 Å². The van der Waals surface area contributed by atoms with Gasteiger partial charge in [-0.3, -0.25) is 0 Å². The van der Waals surface area contributed by atoms with E-state index in [1.807, 2.05) is 19.1 Å². The molecule has 1 aromatic carbocycles. The number of rotatable bonds is 4. The number of allylic oxidation sites excluding steroid dienone is 4. The highest BCUT2D eigenvalue weighted by atomic mass is 127. The van der Waals surface area contributed by atoms with E-state index in [1.165, 1.54) is 0 Å². The first-order valence-electron chi connectivity index (χ1n) is 5.83. The fraction of sp³-hybridized carbons (Fsp3) is 0.200. The van der Waals surface area contributed by atoms with Gasteiger partial charge in [0.25, 0.3) is 0 Å². The van der Waals surface area contributed by atoms with Gasteiger partial charge in [-0.05, 0) is 70.9 Å². The molecule has 4 heteroatoms. The molecular weight excluding hydrogens is 353 g/mol. The van der Waals surface area contributed by atoms with Gasteiger partial charge in [-0.1, -0.05) is 24.8 Å². The second-order valence-electron chi connectivity index (χ2n) is 4.20. The minimum atomic E-state index is -0.970. The topological polar surface area (TPSA) is 66.5 Å². The minimum Gasteiger partial charge on any atom is -0.508 e. The van der Waals surface area contributed by atoms with E-state index in [4.69, 9.17) is 5.73 Å². The van der Waals surface area contributed by atoms with Gasteiger partial charge in [0.15, 0.2) is 0 Å². The van der Waals surface area contributed by atoms with Gasteiger partial charge >= 0.3 is 0 Å². The average Bonchev–Trinajstić information content (AvgIpc) is 2.37. The molecule has 0 bridgehead atoms. The van der Waals surface area contributed by atoms with Crippen molar-refractivity contribution < 1.29 is 10.2 Å². The summed E-state index contributed by atoms with van der Waals surface area (Å²) >= 11 is 2.14. The van der Waals surface area contributed by atoms with Crippen LogP contribution in [-0.2, 0) is 0 Å². The van der Waals surface area contributed by atoms with Crippen LogP contribution in [0.1, 0.15) is 29.8 Å². The first-order valence-corrected chi connectivity index (χ1v) is 6.91. The van der Waals surface area contributed by atoms with Crippen molar-refractivity contribution in [3.63, 3.8) is 0 Å². The average molecular weight is 371 g/mol. The van der Waals surface area contributed by atoms with Crippen molar-refractivity contribution in [1.82, 2.24) is 0 Å². The van der Waals surface area contributed by atoms with Crippen molar-refractivity contribution in [1.29, 1.82) is 0 Å². The van der Waals surface area contributed by atoms with E-state index >= 15 is 0 Å². The Bertz CT molecular complexity index is 545. The molecule has 0 saturated carbocycles. The molecule has 0 spiro atoms. The third kappa shape index (κ3) is 4.19. The minimum absolute atomic E-state index is 0.206. The standard InChI is InChI=1S/C15H18INO2/c1-4-12(18)8-14(16)10(3)13-6-5-11(15(17)19)7-9(13)2/h4-8,15,18-19H,3,17H2,1-2H3/b12-4+,14-8+. The van der Waals surface area contributed by atoms with Crippen LogP contribution in [0.4, 0.5) is 0 Å². The Kier molecular flexibility index (Phi) is 5.78. The molecule has 0 saturated heterocycles. The normalized spacial score (nSPS) is 14.4. The number of hydrogen-bond acceptors (Lipinski definition) is 3. The molecule has 0 amide bonds. The van der Waals surface area contributed by atoms with Crippen LogP contribution < -0.4 is 5.73 Å². The van der Waals surface area contributed by atoms with Crippen molar-refractivity contribution in [3.8, 4) is 0 Å². The summed E-state index contributed by atoms with van der Waals surface area (Å²) in [4.78, 5) is 0. The number of aryl methyl sites for hydroxylation is 1. The van der Waals surface area contributed by atoms with E-state index in [1.54, 1.807) is 25.1 Å². The monoisotopic (exact) mass is 371 g/mol. The van der Waals surface area contributed by atoms with E-state index < -0.39 is 6.23 Å². The third-order valence-electron chi connectivity index (χ3n) is 2.78. The van der Waals surface area contributed by atoms with Gasteiger partial charge in [-0.2, -0.15) is 0 Å². The van der Waals surface area contributed by atoms with E-state index in [9.17, 15) is 10.2 Å². The zero-order chi connectivity index (χ0) is 14.6. The first-order chi connectivity index (χ1) is 8.86. The summed E-state index contributed by atoms with van der Waals surface area (Å²) in [5.41, 5.74) is 8.87. The maximum atomic E-state index is 9.50. The molecule has 4 N–H and O–H groups in total. The molecule has 0 aliphatic carbocycles. The fourth-order valence-corrected chi connectivity index (χ4v) is 2.25. The Morgan fingerprint density at radius 3 is 2.58 bits per heavy atom. The third-order valence-corrected chi connectivity index (χ3v) is 3.74. The van der Waals surface area contributed by atoms with E-state index in [0.29, 0.717) is 5.56 Å². The van der Waals surface area contributed by atoms with Crippen molar-refractivity contribution in [2.75, 3.05) is 0 Å². The molecule has 0 aromatic heterocycles. The highest BCUT2D eigenvalue weighted by Gasteiger charge is 2.09. The van der Waals surface area contributed by atoms with Gasteiger partial charge in [0.05, 0.1) is 0 Å². The molecule has 3 nitrogen and oxygen atoms in total. The lowest BCUT2D eigenvalue weighted by Crippen LogP contribution is -2.08. The van der Waals surface area contributed by atoms with E-state index in [0.717, 1.165) is 20.3 Å². The Labute approximate surface area is 127 Å². The largest absolute Gasteiger partial charge is 0.508 e. The van der Waals surface area contributed by atoms with Crippen LogP contribution in [0.25, 0.3) is 5.57 Å². The second-order valence-corrected chi connectivity index (χ2v) is 5.37. The Balaban J connectivity index is 3.11. The van der Waals surface area contributed by atoms with Crippen LogP contribution in [0, 0.1) is 6.92 Å². The predicted molar refractivity (Wildman–Crippen MR) is 87.8 cm³/mol. The lowest BCUT2D eigenvalue weighted by Gasteiger charge is -2.12. The molecule has 1 aromatic rings. The number of aliphatic hydroxyl groups is 2. The summed E-state index contributed by atoms with van der Waals surface area (Å²) in [6.45, 7) is 7.74. The summed E-state index contributed by atoms with van der Waals surface area (Å²) < 4.78 is 0.859. The lowest BCUT2D eigenvalue weighted by molar-refractivity contribution is 0.186. The van der Waals surface area contributed by atoms with Crippen molar-refractivity contribution in [2.24, 2.45) is 5.73 Å². The maximum absolute atomic E-state index is 9.50. The maximum Gasteiger partial charge on any atom is 0.128 e. The quantitative estimate of drug-likeness (QED) is 0.327. The summed E-state index contributed by atoms with van der Waals surface area (Å²) in [6.07, 6.45) is 2.31. The summed E-state index contributed by atoms with van der Waals surface area (Å²) in [5, 5.41) is 18.8. The van der Waals surface area contributed by atoms with Gasteiger partial charge in [0, 0.05) is 3.58 Å². The van der Waals surface area contributed by atoms with E-state index in [-0.39, 0.29) is 5.76 Å². The Hall–Kier alpha value is -1.11. The molecule has 1 atom stereocenters. The van der Waals surface area contributed by atoms with Gasteiger partial charge in [0.1, 0.15) is 12.0 Å². The zero-order valence-corrected chi connectivity index (χ0v) is 13.2. The Morgan fingerprint density at radius 1 is 1.47 bits per heavy atom. The number of benzene rings is 1. The molecule has 0 fully saturated rings. The van der Waals surface area contributed by atoms with Crippen LogP contribution in [0.5, 0.6) is 0 Å². The molecule has 19 heavy (non-hydrogen) atoms. The molecule has 102 valence electrons. The fourth-order valence-electron chi connectivity index (χ4n) is 1.64. The molecule has 0 heterocycles. The van der Waals surface area contributed by atoms with Gasteiger partial charge < -0.3 is 15.9 Å². The van der Waals surface area contributed by atoms with Crippen molar-refractivity contribution in [3.05, 3.63) is 63.0 Å². The van der Waals surface area contributed by atoms with Gasteiger partial charge in [0.2, 0.25) is 0 Å². The second kappa shape index (κ2) is 6.88. The molecular formula is C15H18INO2. The molecule has 1 unspecified atom stereocenters. The van der Waals surface area contributed by atoms with Crippen molar-refractivity contribution in [2.45, 2.75) is 20.1 Å². The number of aliphatic hydroxyl groups excluding tert-OH is 2. The van der Waals surface area contributed by atoms with E-state index in [2.05, 4.69) is 29.2 Å². The lowest BCUT2D eigenvalue weighted by atomic mass is 9.98. The van der Waals surface area contributed by atoms with Crippen LogP contribution >= 0.6 is 22.6 Å². The smallest absolute Gasteiger partial charge is 0.128 e. The number of halogens is 1. The number of nitrogens with two attached hydrogens (primary N) is 1. The predicted octanol–water partition coefficient (Wildman–Crippen LogP) is 3.74. The molecule has 1 rings (SSSR count). The SMILES string of the molecule is C=C(/C(I)=C\C(O)=C/C)c1ccc(C(N)O)cc1C. The summed E-state index contributed by atoms with van der Waals surface area (Å²) in [7, 11) is 0. The summed E-state index contributed by atoms with van der Waals surface area (Å²) in [6, 6.07) is 5.49. The highest BCUT2D eigenvalue weighted by molar-refractivity contribution is 14.1. The Morgan fingerprint density at radius 2 is 2.11 bits per heavy atom. The van der Waals surface area contributed by atoms with Crippen LogP contribution in [0.2, 0.25) is 0 Å². The first kappa shape index (κ1) is 15.9. The zero-order valence-electron chi connectivity index (χ0n) is 11.0. The number of hydrogen-bond donors (Lipinski definition) is 3. The van der Waals surface area contributed by atoms with Gasteiger partial charge in [-0.25, -0.2) is 0 Å². The molecule has 0 aliphatic heterocycles. The summed E-state index contributed by atoms with van der Waals surface area (Å²) in [5.74, 6) is 0.206. The molecule has 0 radical (unpaired) electrons.